The standard InChI is InChI=1S/C9H14N4O3/c10-3-4-15-5-7-12-8(13-16-7)9(14)11-6-1-2-6/h6H,1-5,10H2,(H,11,14). The topological polar surface area (TPSA) is 103 Å². The molecule has 1 saturated carbocycles. The minimum Gasteiger partial charge on any atom is -0.370 e. The quantitative estimate of drug-likeness (QED) is 0.630. The number of amides is 1. The molecule has 0 radical (unpaired) electrons. The van der Waals surface area contributed by atoms with Crippen LogP contribution in [0, 0.1) is 0 Å². The number of ether oxygens (including phenoxy) is 1. The Bertz CT molecular complexity index is 361. The van der Waals surface area contributed by atoms with Gasteiger partial charge >= 0.3 is 0 Å². The molecule has 0 atom stereocenters. The Balaban J connectivity index is 1.83. The Hall–Kier alpha value is -1.47. The third kappa shape index (κ3) is 3.01. The molecule has 0 bridgehead atoms. The van der Waals surface area contributed by atoms with E-state index in [0.717, 1.165) is 12.8 Å². The Morgan fingerprint density at radius 3 is 3.12 bits per heavy atom. The van der Waals surface area contributed by atoms with E-state index in [4.69, 9.17) is 15.0 Å². The van der Waals surface area contributed by atoms with Gasteiger partial charge in [0.05, 0.1) is 6.61 Å². The van der Waals surface area contributed by atoms with Crippen LogP contribution in [-0.2, 0) is 11.3 Å². The Kier molecular flexibility index (Phi) is 3.47. The summed E-state index contributed by atoms with van der Waals surface area (Å²) in [6.07, 6.45) is 2.05. The molecule has 0 aromatic carbocycles. The molecule has 1 aromatic heterocycles. The van der Waals surface area contributed by atoms with Crippen LogP contribution in [-0.4, -0.2) is 35.2 Å². The Labute approximate surface area is 92.3 Å². The highest BCUT2D eigenvalue weighted by Crippen LogP contribution is 2.18. The van der Waals surface area contributed by atoms with E-state index < -0.39 is 0 Å². The predicted octanol–water partition coefficient (Wildman–Crippen LogP) is -0.563. The maximum Gasteiger partial charge on any atom is 0.292 e. The third-order valence-corrected chi connectivity index (χ3v) is 2.07. The number of nitrogens with one attached hydrogen (secondary N) is 1. The minimum atomic E-state index is -0.295. The lowest BCUT2D eigenvalue weighted by molar-refractivity contribution is 0.0937. The van der Waals surface area contributed by atoms with Gasteiger partial charge in [-0.1, -0.05) is 5.16 Å². The number of carbonyl (C=O) groups is 1. The maximum absolute atomic E-state index is 11.5. The van der Waals surface area contributed by atoms with Gasteiger partial charge in [-0.05, 0) is 12.8 Å². The summed E-state index contributed by atoms with van der Waals surface area (Å²) in [7, 11) is 0. The van der Waals surface area contributed by atoms with Gasteiger partial charge in [0.2, 0.25) is 0 Å². The van der Waals surface area contributed by atoms with Gasteiger partial charge in [0.15, 0.2) is 0 Å². The molecule has 1 heterocycles. The summed E-state index contributed by atoms with van der Waals surface area (Å²) in [6, 6.07) is 0.281. The van der Waals surface area contributed by atoms with Crippen LogP contribution in [0.5, 0.6) is 0 Å². The van der Waals surface area contributed by atoms with Crippen LogP contribution in [0.1, 0.15) is 29.4 Å². The van der Waals surface area contributed by atoms with Crippen LogP contribution < -0.4 is 11.1 Å². The molecule has 1 fully saturated rings. The van der Waals surface area contributed by atoms with Gasteiger partial charge < -0.3 is 20.3 Å². The van der Waals surface area contributed by atoms with Gasteiger partial charge in [-0.15, -0.1) is 0 Å². The Morgan fingerprint density at radius 2 is 2.44 bits per heavy atom. The summed E-state index contributed by atoms with van der Waals surface area (Å²) in [4.78, 5) is 15.4. The van der Waals surface area contributed by atoms with Crippen molar-refractivity contribution in [2.75, 3.05) is 13.2 Å². The first kappa shape index (κ1) is 11.0. The molecule has 1 aliphatic rings. The van der Waals surface area contributed by atoms with Crippen molar-refractivity contribution >= 4 is 5.91 Å². The fraction of sp³-hybridized carbons (Fsp3) is 0.667. The van der Waals surface area contributed by atoms with E-state index in [-0.39, 0.29) is 30.3 Å². The van der Waals surface area contributed by atoms with E-state index in [1.54, 1.807) is 0 Å². The highest BCUT2D eigenvalue weighted by molar-refractivity contribution is 5.90. The molecule has 16 heavy (non-hydrogen) atoms. The molecule has 0 saturated heterocycles. The zero-order chi connectivity index (χ0) is 11.4. The van der Waals surface area contributed by atoms with Crippen LogP contribution >= 0.6 is 0 Å². The number of nitrogens with two attached hydrogens (primary N) is 1. The summed E-state index contributed by atoms with van der Waals surface area (Å²) >= 11 is 0. The van der Waals surface area contributed by atoms with E-state index in [1.165, 1.54) is 0 Å². The molecule has 0 spiro atoms. The lowest BCUT2D eigenvalue weighted by Crippen LogP contribution is -2.26. The van der Waals surface area contributed by atoms with E-state index in [9.17, 15) is 4.79 Å². The van der Waals surface area contributed by atoms with Crippen molar-refractivity contribution in [3.63, 3.8) is 0 Å². The number of carbonyl (C=O) groups excluding carboxylic acids is 1. The third-order valence-electron chi connectivity index (χ3n) is 2.07. The highest BCUT2D eigenvalue weighted by Gasteiger charge is 2.26. The highest BCUT2D eigenvalue weighted by atomic mass is 16.5. The molecule has 7 heteroatoms. The van der Waals surface area contributed by atoms with Gasteiger partial charge in [-0.25, -0.2) is 0 Å². The maximum atomic E-state index is 11.5. The normalized spacial score (nSPS) is 15.1. The Morgan fingerprint density at radius 1 is 1.62 bits per heavy atom. The van der Waals surface area contributed by atoms with E-state index >= 15 is 0 Å². The summed E-state index contributed by atoms with van der Waals surface area (Å²) in [5, 5.41) is 6.33. The molecule has 1 aliphatic carbocycles. The second kappa shape index (κ2) is 5.04. The number of hydrogen-bond acceptors (Lipinski definition) is 6. The molecule has 1 amide bonds. The van der Waals surface area contributed by atoms with Crippen molar-refractivity contribution in [2.45, 2.75) is 25.5 Å². The SMILES string of the molecule is NCCOCc1nc(C(=O)NC2CC2)no1. The molecule has 3 N–H and O–H groups in total. The second-order valence-corrected chi connectivity index (χ2v) is 3.60. The summed E-state index contributed by atoms with van der Waals surface area (Å²) in [5.41, 5.74) is 5.25. The van der Waals surface area contributed by atoms with Crippen molar-refractivity contribution < 1.29 is 14.1 Å². The van der Waals surface area contributed by atoms with E-state index in [1.807, 2.05) is 0 Å². The number of aromatic nitrogens is 2. The largest absolute Gasteiger partial charge is 0.370 e. The number of hydrogen-bond donors (Lipinski definition) is 2. The molecule has 1 aromatic rings. The lowest BCUT2D eigenvalue weighted by atomic mass is 10.5. The molecule has 88 valence electrons. The van der Waals surface area contributed by atoms with Crippen molar-refractivity contribution in [2.24, 2.45) is 5.73 Å². The first-order chi connectivity index (χ1) is 7.79. The average molecular weight is 226 g/mol. The molecular weight excluding hydrogens is 212 g/mol. The zero-order valence-corrected chi connectivity index (χ0v) is 8.81. The number of rotatable bonds is 6. The molecular formula is C9H14N4O3. The van der Waals surface area contributed by atoms with E-state index in [0.29, 0.717) is 13.2 Å². The van der Waals surface area contributed by atoms with Crippen LogP contribution in [0.25, 0.3) is 0 Å². The first-order valence-corrected chi connectivity index (χ1v) is 5.21. The summed E-state index contributed by atoms with van der Waals surface area (Å²) < 4.78 is 9.95. The summed E-state index contributed by atoms with van der Waals surface area (Å²) in [5.74, 6) is 0.0453. The van der Waals surface area contributed by atoms with Gasteiger partial charge in [0.1, 0.15) is 6.61 Å². The van der Waals surface area contributed by atoms with Crippen molar-refractivity contribution in [1.29, 1.82) is 0 Å². The minimum absolute atomic E-state index is 0.0539. The first-order valence-electron chi connectivity index (χ1n) is 5.21. The van der Waals surface area contributed by atoms with Gasteiger partial charge in [0, 0.05) is 12.6 Å². The van der Waals surface area contributed by atoms with Gasteiger partial charge in [-0.3, -0.25) is 4.79 Å². The smallest absolute Gasteiger partial charge is 0.292 e. The average Bonchev–Trinajstić information content (AvgIpc) is 2.95. The fourth-order valence-corrected chi connectivity index (χ4v) is 1.13. The van der Waals surface area contributed by atoms with Crippen molar-refractivity contribution in [3.8, 4) is 0 Å². The van der Waals surface area contributed by atoms with Crippen molar-refractivity contribution in [1.82, 2.24) is 15.5 Å². The van der Waals surface area contributed by atoms with Crippen LogP contribution in [0.3, 0.4) is 0 Å². The van der Waals surface area contributed by atoms with E-state index in [2.05, 4.69) is 15.5 Å². The molecule has 2 rings (SSSR count). The van der Waals surface area contributed by atoms with Crippen LogP contribution in [0.4, 0.5) is 0 Å². The van der Waals surface area contributed by atoms with Crippen molar-refractivity contribution in [3.05, 3.63) is 11.7 Å². The number of nitrogens with zero attached hydrogens (tertiary/aromatic N) is 2. The molecule has 0 unspecified atom stereocenters. The van der Waals surface area contributed by atoms with Crippen LogP contribution in [0.2, 0.25) is 0 Å². The molecule has 7 nitrogen and oxygen atoms in total. The molecule has 0 aliphatic heterocycles. The van der Waals surface area contributed by atoms with Crippen LogP contribution in [0.15, 0.2) is 4.52 Å². The summed E-state index contributed by atoms with van der Waals surface area (Å²) in [6.45, 7) is 1.04. The monoisotopic (exact) mass is 226 g/mol. The fourth-order valence-electron chi connectivity index (χ4n) is 1.13. The van der Waals surface area contributed by atoms with Gasteiger partial charge in [0.25, 0.3) is 17.6 Å². The second-order valence-electron chi connectivity index (χ2n) is 3.60. The zero-order valence-electron chi connectivity index (χ0n) is 8.81. The van der Waals surface area contributed by atoms with Gasteiger partial charge in [-0.2, -0.15) is 4.98 Å². The predicted molar refractivity (Wildman–Crippen MR) is 53.5 cm³/mol. The lowest BCUT2D eigenvalue weighted by Gasteiger charge is -1.96.